The summed E-state index contributed by atoms with van der Waals surface area (Å²) in [6, 6.07) is 8.37. The van der Waals surface area contributed by atoms with Crippen LogP contribution in [0.1, 0.15) is 38.1 Å². The van der Waals surface area contributed by atoms with Crippen LogP contribution in [0.2, 0.25) is 0 Å². The highest BCUT2D eigenvalue weighted by Crippen LogP contribution is 2.21. The summed E-state index contributed by atoms with van der Waals surface area (Å²) in [4.78, 5) is 22.7. The minimum atomic E-state index is 0. The van der Waals surface area contributed by atoms with Gasteiger partial charge in [-0.2, -0.15) is 0 Å². The van der Waals surface area contributed by atoms with E-state index in [-0.39, 0.29) is 35.9 Å². The van der Waals surface area contributed by atoms with Crippen LogP contribution in [0.5, 0.6) is 0 Å². The Morgan fingerprint density at radius 3 is 2.76 bits per heavy atom. The zero-order chi connectivity index (χ0) is 19.9. The summed E-state index contributed by atoms with van der Waals surface area (Å²) in [5.74, 6) is 2.23. The van der Waals surface area contributed by atoms with Crippen molar-refractivity contribution in [3.8, 4) is 11.3 Å². The van der Waals surface area contributed by atoms with Gasteiger partial charge in [0.2, 0.25) is 11.8 Å². The molecule has 1 fully saturated rings. The van der Waals surface area contributed by atoms with Crippen molar-refractivity contribution < 1.29 is 9.21 Å². The second-order valence-corrected chi connectivity index (χ2v) is 7.00. The third-order valence-corrected chi connectivity index (χ3v) is 4.79. The second kappa shape index (κ2) is 11.2. The maximum absolute atomic E-state index is 11.9. The first-order valence-corrected chi connectivity index (χ1v) is 9.93. The van der Waals surface area contributed by atoms with Crippen molar-refractivity contribution in [2.75, 3.05) is 19.6 Å². The number of aryl methyl sites for hydroxylation is 1. The summed E-state index contributed by atoms with van der Waals surface area (Å²) in [5.41, 5.74) is 2.21. The predicted molar refractivity (Wildman–Crippen MR) is 125 cm³/mol. The number of rotatable bonds is 6. The SMILES string of the molecule is CCNC(=NCc1ncc(-c2ccc(C)cc2)o1)NC1CCN(C(=O)CC)C1.I. The van der Waals surface area contributed by atoms with Crippen molar-refractivity contribution in [2.24, 2.45) is 4.99 Å². The van der Waals surface area contributed by atoms with Gasteiger partial charge in [0.05, 0.1) is 6.20 Å². The number of aliphatic imine (C=N–C) groups is 1. The topological polar surface area (TPSA) is 82.8 Å². The third kappa shape index (κ3) is 6.45. The van der Waals surface area contributed by atoms with Crippen LogP contribution in [-0.4, -0.2) is 47.4 Å². The monoisotopic (exact) mass is 511 g/mol. The number of hydrogen-bond acceptors (Lipinski definition) is 4. The number of benzene rings is 1. The molecule has 1 atom stereocenters. The molecule has 2 N–H and O–H groups in total. The number of likely N-dealkylation sites (tertiary alicyclic amines) is 1. The zero-order valence-electron chi connectivity index (χ0n) is 17.3. The molecular weight excluding hydrogens is 481 g/mol. The Labute approximate surface area is 189 Å². The summed E-state index contributed by atoms with van der Waals surface area (Å²) in [6.45, 7) is 8.61. The van der Waals surface area contributed by atoms with Crippen LogP contribution in [0.4, 0.5) is 0 Å². The first-order valence-electron chi connectivity index (χ1n) is 9.93. The van der Waals surface area contributed by atoms with Crippen molar-refractivity contribution in [3.05, 3.63) is 41.9 Å². The Hall–Kier alpha value is -2.10. The molecule has 0 aliphatic carbocycles. The lowest BCUT2D eigenvalue weighted by Crippen LogP contribution is -2.45. The number of nitrogens with zero attached hydrogens (tertiary/aromatic N) is 3. The summed E-state index contributed by atoms with van der Waals surface area (Å²) >= 11 is 0. The molecule has 0 bridgehead atoms. The Morgan fingerprint density at radius 2 is 2.07 bits per heavy atom. The zero-order valence-corrected chi connectivity index (χ0v) is 19.6. The number of nitrogens with one attached hydrogen (secondary N) is 2. The van der Waals surface area contributed by atoms with Gasteiger partial charge in [0.15, 0.2) is 11.7 Å². The molecule has 29 heavy (non-hydrogen) atoms. The van der Waals surface area contributed by atoms with Crippen LogP contribution in [0.3, 0.4) is 0 Å². The molecule has 8 heteroatoms. The van der Waals surface area contributed by atoms with Gasteiger partial charge in [0.1, 0.15) is 6.54 Å². The standard InChI is InChI=1S/C21H29N5O2.HI/c1-4-20(27)26-11-10-17(14-26)25-21(22-5-2)24-13-19-23-12-18(28-19)16-8-6-15(3)7-9-16;/h6-9,12,17H,4-5,10-11,13-14H2,1-3H3,(H2,22,24,25);1H. The Balaban J connectivity index is 0.00000300. The summed E-state index contributed by atoms with van der Waals surface area (Å²) < 4.78 is 5.84. The molecule has 1 aromatic carbocycles. The average Bonchev–Trinajstić information content (AvgIpc) is 3.36. The summed E-state index contributed by atoms with van der Waals surface area (Å²) in [5, 5.41) is 6.66. The first-order chi connectivity index (χ1) is 13.6. The molecule has 1 aliphatic heterocycles. The number of guanidine groups is 1. The Morgan fingerprint density at radius 1 is 1.31 bits per heavy atom. The quantitative estimate of drug-likeness (QED) is 0.353. The molecule has 0 saturated carbocycles. The molecule has 7 nitrogen and oxygen atoms in total. The second-order valence-electron chi connectivity index (χ2n) is 7.00. The highest BCUT2D eigenvalue weighted by atomic mass is 127. The van der Waals surface area contributed by atoms with Crippen LogP contribution < -0.4 is 10.6 Å². The fourth-order valence-corrected chi connectivity index (χ4v) is 3.22. The predicted octanol–water partition coefficient (Wildman–Crippen LogP) is 3.33. The van der Waals surface area contributed by atoms with Gasteiger partial charge >= 0.3 is 0 Å². The van der Waals surface area contributed by atoms with Gasteiger partial charge in [-0.1, -0.05) is 36.8 Å². The molecule has 158 valence electrons. The van der Waals surface area contributed by atoms with Crippen molar-refractivity contribution >= 4 is 35.8 Å². The van der Waals surface area contributed by atoms with Gasteiger partial charge in [-0.25, -0.2) is 9.98 Å². The molecule has 2 aromatic rings. The molecule has 1 saturated heterocycles. The number of oxazole rings is 1. The molecule has 1 amide bonds. The van der Waals surface area contributed by atoms with E-state index >= 15 is 0 Å². The molecule has 1 aliphatic rings. The Kier molecular flexibility index (Phi) is 8.94. The first kappa shape index (κ1) is 23.2. The smallest absolute Gasteiger partial charge is 0.222 e. The summed E-state index contributed by atoms with van der Waals surface area (Å²) in [6.07, 6.45) is 3.21. The maximum atomic E-state index is 11.9. The highest BCUT2D eigenvalue weighted by Gasteiger charge is 2.25. The van der Waals surface area contributed by atoms with Gasteiger partial charge in [0, 0.05) is 37.7 Å². The lowest BCUT2D eigenvalue weighted by atomic mass is 10.1. The fourth-order valence-electron chi connectivity index (χ4n) is 3.22. The van der Waals surface area contributed by atoms with Gasteiger partial charge in [-0.05, 0) is 20.3 Å². The number of halogens is 1. The van der Waals surface area contributed by atoms with Crippen LogP contribution >= 0.6 is 24.0 Å². The molecular formula is C21H30IN5O2. The van der Waals surface area contributed by atoms with E-state index in [1.165, 1.54) is 5.56 Å². The molecule has 1 aromatic heterocycles. The van der Waals surface area contributed by atoms with Crippen LogP contribution in [0.15, 0.2) is 39.9 Å². The van der Waals surface area contributed by atoms with Gasteiger partial charge < -0.3 is 20.0 Å². The van der Waals surface area contributed by atoms with E-state index in [1.54, 1.807) is 6.20 Å². The lowest BCUT2D eigenvalue weighted by Gasteiger charge is -2.18. The van der Waals surface area contributed by atoms with E-state index in [0.717, 1.165) is 30.8 Å². The van der Waals surface area contributed by atoms with Crippen LogP contribution in [0.25, 0.3) is 11.3 Å². The van der Waals surface area contributed by atoms with Gasteiger partial charge in [-0.3, -0.25) is 4.79 Å². The minimum Gasteiger partial charge on any atom is -0.439 e. The molecule has 1 unspecified atom stereocenters. The third-order valence-electron chi connectivity index (χ3n) is 4.79. The van der Waals surface area contributed by atoms with E-state index in [9.17, 15) is 4.79 Å². The minimum absolute atomic E-state index is 0. The van der Waals surface area contributed by atoms with Gasteiger partial charge in [-0.15, -0.1) is 24.0 Å². The number of aromatic nitrogens is 1. The Bertz CT molecular complexity index is 819. The normalized spacial score (nSPS) is 16.4. The van der Waals surface area contributed by atoms with Crippen LogP contribution in [-0.2, 0) is 11.3 Å². The van der Waals surface area contributed by atoms with E-state index in [1.807, 2.05) is 30.9 Å². The fraction of sp³-hybridized carbons (Fsp3) is 0.476. The van der Waals surface area contributed by atoms with Crippen molar-refractivity contribution in [2.45, 2.75) is 46.2 Å². The van der Waals surface area contributed by atoms with Crippen molar-refractivity contribution in [1.82, 2.24) is 20.5 Å². The highest BCUT2D eigenvalue weighted by molar-refractivity contribution is 14.0. The number of amides is 1. The molecule has 0 spiro atoms. The number of hydrogen-bond donors (Lipinski definition) is 2. The van der Waals surface area contributed by atoms with E-state index in [0.29, 0.717) is 31.4 Å². The van der Waals surface area contributed by atoms with Gasteiger partial charge in [0.25, 0.3) is 0 Å². The molecule has 2 heterocycles. The van der Waals surface area contributed by atoms with E-state index in [2.05, 4.69) is 39.7 Å². The number of carbonyl (C=O) groups is 1. The molecule has 3 rings (SSSR count). The van der Waals surface area contributed by atoms with Crippen molar-refractivity contribution in [1.29, 1.82) is 0 Å². The van der Waals surface area contributed by atoms with E-state index in [4.69, 9.17) is 4.42 Å². The molecule has 0 radical (unpaired) electrons. The van der Waals surface area contributed by atoms with Crippen LogP contribution in [0, 0.1) is 6.92 Å². The van der Waals surface area contributed by atoms with Crippen molar-refractivity contribution in [3.63, 3.8) is 0 Å². The average molecular weight is 511 g/mol. The maximum Gasteiger partial charge on any atom is 0.222 e. The number of carbonyl (C=O) groups excluding carboxylic acids is 1. The largest absolute Gasteiger partial charge is 0.439 e. The lowest BCUT2D eigenvalue weighted by molar-refractivity contribution is -0.129. The van der Waals surface area contributed by atoms with E-state index < -0.39 is 0 Å². The summed E-state index contributed by atoms with van der Waals surface area (Å²) in [7, 11) is 0.